The summed E-state index contributed by atoms with van der Waals surface area (Å²) < 4.78 is 0.240. The summed E-state index contributed by atoms with van der Waals surface area (Å²) in [5, 5.41) is 3.50. The van der Waals surface area contributed by atoms with Crippen LogP contribution in [0.25, 0.3) is 0 Å². The Morgan fingerprint density at radius 2 is 2.00 bits per heavy atom. The van der Waals surface area contributed by atoms with E-state index in [1.165, 1.54) is 25.8 Å². The normalized spacial score (nSPS) is 46.0. The van der Waals surface area contributed by atoms with E-state index in [0.717, 1.165) is 0 Å². The Balaban J connectivity index is 2.13. The van der Waals surface area contributed by atoms with Crippen LogP contribution in [0.5, 0.6) is 0 Å². The molecule has 1 aliphatic heterocycles. The smallest absolute Gasteiger partial charge is 0.100 e. The summed E-state index contributed by atoms with van der Waals surface area (Å²) in [7, 11) is 0. The van der Waals surface area contributed by atoms with Gasteiger partial charge >= 0.3 is 0 Å². The van der Waals surface area contributed by atoms with Gasteiger partial charge in [-0.2, -0.15) is 0 Å². The molecule has 0 radical (unpaired) electrons. The largest absolute Gasteiger partial charge is 0.309 e. The van der Waals surface area contributed by atoms with E-state index in [4.69, 9.17) is 0 Å². The quantitative estimate of drug-likeness (QED) is 0.653. The molecule has 0 aromatic heterocycles. The summed E-state index contributed by atoms with van der Waals surface area (Å²) in [6.07, 6.45) is 3.89. The second-order valence-corrected chi connectivity index (χ2v) is 6.77. The number of hydrogen-bond donors (Lipinski definition) is 1. The number of halogens is 2. The van der Waals surface area contributed by atoms with Crippen molar-refractivity contribution < 1.29 is 0 Å². The highest BCUT2D eigenvalue weighted by molar-refractivity contribution is 9.25. The van der Waals surface area contributed by atoms with Gasteiger partial charge in [0.25, 0.3) is 0 Å². The minimum Gasteiger partial charge on any atom is -0.309 e. The SMILES string of the molecule is BrC1(Br)CC12CCCN2. The summed E-state index contributed by atoms with van der Waals surface area (Å²) in [6, 6.07) is 0. The van der Waals surface area contributed by atoms with Gasteiger partial charge < -0.3 is 5.32 Å². The van der Waals surface area contributed by atoms with E-state index in [-0.39, 0.29) is 3.23 Å². The zero-order valence-electron chi connectivity index (χ0n) is 5.08. The molecule has 0 bridgehead atoms. The van der Waals surface area contributed by atoms with Crippen LogP contribution >= 0.6 is 31.9 Å². The van der Waals surface area contributed by atoms with E-state index in [1.807, 2.05) is 0 Å². The van der Waals surface area contributed by atoms with Crippen LogP contribution in [0.15, 0.2) is 0 Å². The van der Waals surface area contributed by atoms with Gasteiger partial charge in [-0.1, -0.05) is 31.9 Å². The van der Waals surface area contributed by atoms with Gasteiger partial charge in [-0.05, 0) is 25.8 Å². The molecule has 9 heavy (non-hydrogen) atoms. The topological polar surface area (TPSA) is 12.0 Å². The third-order valence-electron chi connectivity index (χ3n) is 2.34. The Hall–Kier alpha value is 0.920. The zero-order chi connectivity index (χ0) is 6.54. The molecular formula is C6H9Br2N. The number of nitrogens with one attached hydrogen (secondary N) is 1. The van der Waals surface area contributed by atoms with Gasteiger partial charge in [0, 0.05) is 5.54 Å². The highest BCUT2D eigenvalue weighted by Crippen LogP contribution is 2.63. The van der Waals surface area contributed by atoms with Gasteiger partial charge in [0.05, 0.1) is 0 Å². The first kappa shape index (κ1) is 6.62. The third-order valence-corrected chi connectivity index (χ3v) is 4.42. The lowest BCUT2D eigenvalue weighted by atomic mass is 10.2. The molecule has 3 heteroatoms. The predicted octanol–water partition coefficient (Wildman–Crippen LogP) is 2.00. The first-order valence-electron chi connectivity index (χ1n) is 3.29. The van der Waals surface area contributed by atoms with Crippen molar-refractivity contribution in [1.29, 1.82) is 0 Å². The third kappa shape index (κ3) is 0.813. The molecule has 1 unspecified atom stereocenters. The predicted molar refractivity (Wildman–Crippen MR) is 45.2 cm³/mol. The summed E-state index contributed by atoms with van der Waals surface area (Å²) >= 11 is 7.25. The molecule has 1 nitrogen and oxygen atoms in total. The first-order chi connectivity index (χ1) is 4.16. The second kappa shape index (κ2) is 1.74. The lowest BCUT2D eigenvalue weighted by Crippen LogP contribution is -2.28. The van der Waals surface area contributed by atoms with Crippen molar-refractivity contribution in [2.75, 3.05) is 6.54 Å². The Morgan fingerprint density at radius 1 is 1.33 bits per heavy atom. The lowest BCUT2D eigenvalue weighted by molar-refractivity contribution is 0.600. The molecule has 1 atom stereocenters. The van der Waals surface area contributed by atoms with Crippen LogP contribution in [0.1, 0.15) is 19.3 Å². The molecule has 1 N–H and O–H groups in total. The van der Waals surface area contributed by atoms with Crippen molar-refractivity contribution >= 4 is 31.9 Å². The average Bonchev–Trinajstić information content (AvgIpc) is 2.27. The molecule has 2 rings (SSSR count). The van der Waals surface area contributed by atoms with Crippen molar-refractivity contribution in [2.24, 2.45) is 0 Å². The molecule has 1 spiro atoms. The summed E-state index contributed by atoms with van der Waals surface area (Å²) in [6.45, 7) is 1.19. The molecule has 1 aliphatic carbocycles. The minimum absolute atomic E-state index is 0.240. The molecule has 52 valence electrons. The Kier molecular flexibility index (Phi) is 1.28. The van der Waals surface area contributed by atoms with Gasteiger partial charge in [0.15, 0.2) is 0 Å². The fraction of sp³-hybridized carbons (Fsp3) is 1.00. The average molecular weight is 255 g/mol. The van der Waals surface area contributed by atoms with Crippen LogP contribution in [0, 0.1) is 0 Å². The Labute approximate surface area is 71.8 Å². The van der Waals surface area contributed by atoms with Crippen molar-refractivity contribution in [3.05, 3.63) is 0 Å². The Bertz CT molecular complexity index is 132. The van der Waals surface area contributed by atoms with Gasteiger partial charge in [-0.25, -0.2) is 0 Å². The monoisotopic (exact) mass is 253 g/mol. The fourth-order valence-corrected chi connectivity index (χ4v) is 3.24. The maximum absolute atomic E-state index is 3.62. The van der Waals surface area contributed by atoms with Crippen molar-refractivity contribution in [2.45, 2.75) is 28.0 Å². The van der Waals surface area contributed by atoms with Crippen molar-refractivity contribution in [3.63, 3.8) is 0 Å². The molecule has 2 aliphatic rings. The van der Waals surface area contributed by atoms with E-state index in [2.05, 4.69) is 37.2 Å². The molecule has 0 aromatic carbocycles. The van der Waals surface area contributed by atoms with E-state index in [0.29, 0.717) is 5.54 Å². The van der Waals surface area contributed by atoms with Crippen LogP contribution < -0.4 is 5.32 Å². The Morgan fingerprint density at radius 3 is 2.22 bits per heavy atom. The molecule has 2 fully saturated rings. The maximum atomic E-state index is 3.62. The van der Waals surface area contributed by atoms with Crippen LogP contribution in [0.3, 0.4) is 0 Å². The van der Waals surface area contributed by atoms with Gasteiger partial charge in [-0.3, -0.25) is 0 Å². The maximum Gasteiger partial charge on any atom is 0.100 e. The van der Waals surface area contributed by atoms with Crippen LogP contribution in [0.2, 0.25) is 0 Å². The first-order valence-corrected chi connectivity index (χ1v) is 4.88. The van der Waals surface area contributed by atoms with Gasteiger partial charge in [0.1, 0.15) is 3.23 Å². The number of rotatable bonds is 0. The van der Waals surface area contributed by atoms with Gasteiger partial charge in [0.2, 0.25) is 0 Å². The molecule has 1 saturated carbocycles. The highest BCUT2D eigenvalue weighted by Gasteiger charge is 2.65. The summed E-state index contributed by atoms with van der Waals surface area (Å²) in [5.74, 6) is 0. The highest BCUT2D eigenvalue weighted by atomic mass is 79.9. The lowest BCUT2D eigenvalue weighted by Gasteiger charge is -2.08. The summed E-state index contributed by atoms with van der Waals surface area (Å²) in [4.78, 5) is 0. The standard InChI is InChI=1S/C6H9Br2N/c7-6(8)4-5(6)2-1-3-9-5/h9H,1-4H2. The summed E-state index contributed by atoms with van der Waals surface area (Å²) in [5.41, 5.74) is 0.424. The molecule has 1 heterocycles. The van der Waals surface area contributed by atoms with Crippen LogP contribution in [-0.4, -0.2) is 15.3 Å². The molecule has 1 saturated heterocycles. The zero-order valence-corrected chi connectivity index (χ0v) is 8.26. The van der Waals surface area contributed by atoms with Crippen LogP contribution in [-0.2, 0) is 0 Å². The van der Waals surface area contributed by atoms with E-state index in [9.17, 15) is 0 Å². The van der Waals surface area contributed by atoms with Gasteiger partial charge in [-0.15, -0.1) is 0 Å². The number of hydrogen-bond acceptors (Lipinski definition) is 1. The minimum atomic E-state index is 0.240. The number of alkyl halides is 2. The van der Waals surface area contributed by atoms with Crippen LogP contribution in [0.4, 0.5) is 0 Å². The van der Waals surface area contributed by atoms with E-state index >= 15 is 0 Å². The molecule has 0 aromatic rings. The molecular weight excluding hydrogens is 246 g/mol. The van der Waals surface area contributed by atoms with Crippen molar-refractivity contribution in [1.82, 2.24) is 5.32 Å². The van der Waals surface area contributed by atoms with E-state index < -0.39 is 0 Å². The van der Waals surface area contributed by atoms with Crippen molar-refractivity contribution in [3.8, 4) is 0 Å². The fourth-order valence-electron chi connectivity index (χ4n) is 1.60. The van der Waals surface area contributed by atoms with E-state index in [1.54, 1.807) is 0 Å². The molecule has 0 amide bonds. The second-order valence-electron chi connectivity index (χ2n) is 2.99.